The minimum Gasteiger partial charge on any atom is -0.387 e. The number of hydrogen-bond donors (Lipinski definition) is 1. The van der Waals surface area contributed by atoms with Crippen molar-refractivity contribution in [3.8, 4) is 0 Å². The lowest BCUT2D eigenvalue weighted by atomic mass is 10.3. The van der Waals surface area contributed by atoms with E-state index in [-0.39, 0.29) is 6.04 Å². The van der Waals surface area contributed by atoms with E-state index in [9.17, 15) is 0 Å². The standard InChI is InChI=1S/C10H18N4/c1-3-4-10(11)13-9(2)7-14-6-5-12-8-14/h5-6,8-9H,3-4,7H2,1-2H3,(H2,11,13). The van der Waals surface area contributed by atoms with Crippen LogP contribution >= 0.6 is 0 Å². The van der Waals surface area contributed by atoms with E-state index in [1.165, 1.54) is 0 Å². The summed E-state index contributed by atoms with van der Waals surface area (Å²) in [7, 11) is 0. The van der Waals surface area contributed by atoms with E-state index in [0.717, 1.165) is 25.2 Å². The Bertz CT molecular complexity index is 276. The van der Waals surface area contributed by atoms with Crippen LogP contribution in [0, 0.1) is 0 Å². The van der Waals surface area contributed by atoms with E-state index in [4.69, 9.17) is 5.73 Å². The maximum Gasteiger partial charge on any atom is 0.0946 e. The third-order valence-corrected chi connectivity index (χ3v) is 1.93. The molecule has 14 heavy (non-hydrogen) atoms. The lowest BCUT2D eigenvalue weighted by Gasteiger charge is -2.08. The van der Waals surface area contributed by atoms with Gasteiger partial charge in [0.1, 0.15) is 0 Å². The smallest absolute Gasteiger partial charge is 0.0946 e. The van der Waals surface area contributed by atoms with Gasteiger partial charge in [-0.3, -0.25) is 4.99 Å². The number of hydrogen-bond acceptors (Lipinski definition) is 2. The molecule has 0 saturated carbocycles. The third kappa shape index (κ3) is 3.60. The van der Waals surface area contributed by atoms with Crippen molar-refractivity contribution in [3.05, 3.63) is 18.7 Å². The number of rotatable bonds is 5. The predicted octanol–water partition coefficient (Wildman–Crippen LogP) is 1.43. The monoisotopic (exact) mass is 194 g/mol. The molecule has 1 atom stereocenters. The molecule has 0 radical (unpaired) electrons. The Morgan fingerprint density at radius 3 is 3.00 bits per heavy atom. The first-order chi connectivity index (χ1) is 6.72. The summed E-state index contributed by atoms with van der Waals surface area (Å²) in [6.07, 6.45) is 7.43. The highest BCUT2D eigenvalue weighted by Crippen LogP contribution is 1.98. The maximum atomic E-state index is 5.74. The van der Waals surface area contributed by atoms with Crippen molar-refractivity contribution in [2.24, 2.45) is 10.7 Å². The second-order valence-corrected chi connectivity index (χ2v) is 3.48. The van der Waals surface area contributed by atoms with Gasteiger partial charge in [-0.25, -0.2) is 4.98 Å². The number of nitrogens with zero attached hydrogens (tertiary/aromatic N) is 3. The highest BCUT2D eigenvalue weighted by molar-refractivity contribution is 5.80. The topological polar surface area (TPSA) is 56.2 Å². The van der Waals surface area contributed by atoms with E-state index in [1.807, 2.05) is 10.8 Å². The molecule has 0 saturated heterocycles. The third-order valence-electron chi connectivity index (χ3n) is 1.93. The highest BCUT2D eigenvalue weighted by Gasteiger charge is 2.00. The van der Waals surface area contributed by atoms with E-state index < -0.39 is 0 Å². The molecule has 1 aromatic rings. The quantitative estimate of drug-likeness (QED) is 0.569. The van der Waals surface area contributed by atoms with Gasteiger partial charge >= 0.3 is 0 Å². The van der Waals surface area contributed by atoms with E-state index in [2.05, 4.69) is 23.8 Å². The van der Waals surface area contributed by atoms with Gasteiger partial charge < -0.3 is 10.3 Å². The zero-order valence-electron chi connectivity index (χ0n) is 8.85. The molecule has 0 aliphatic heterocycles. The molecule has 4 nitrogen and oxygen atoms in total. The van der Waals surface area contributed by atoms with Crippen LogP contribution in [0.2, 0.25) is 0 Å². The van der Waals surface area contributed by atoms with Crippen LogP contribution in [-0.4, -0.2) is 21.4 Å². The van der Waals surface area contributed by atoms with Crippen molar-refractivity contribution in [2.45, 2.75) is 39.3 Å². The molecular formula is C10H18N4. The molecule has 0 amide bonds. The Labute approximate surface area is 84.9 Å². The van der Waals surface area contributed by atoms with Crippen molar-refractivity contribution in [1.29, 1.82) is 0 Å². The van der Waals surface area contributed by atoms with Crippen molar-refractivity contribution < 1.29 is 0 Å². The fraction of sp³-hybridized carbons (Fsp3) is 0.600. The first-order valence-corrected chi connectivity index (χ1v) is 5.00. The van der Waals surface area contributed by atoms with Crippen molar-refractivity contribution in [2.75, 3.05) is 0 Å². The number of aromatic nitrogens is 2. The van der Waals surface area contributed by atoms with Gasteiger partial charge in [0.15, 0.2) is 0 Å². The van der Waals surface area contributed by atoms with Gasteiger partial charge in [-0.2, -0.15) is 0 Å². The van der Waals surface area contributed by atoms with Crippen molar-refractivity contribution in [3.63, 3.8) is 0 Å². The molecule has 1 aromatic heterocycles. The summed E-state index contributed by atoms with van der Waals surface area (Å²) in [5.41, 5.74) is 5.74. The van der Waals surface area contributed by atoms with Crippen molar-refractivity contribution in [1.82, 2.24) is 9.55 Å². The molecule has 0 aliphatic carbocycles. The summed E-state index contributed by atoms with van der Waals surface area (Å²) in [6, 6.07) is 0.218. The lowest BCUT2D eigenvalue weighted by molar-refractivity contribution is 0.589. The molecule has 2 N–H and O–H groups in total. The fourth-order valence-electron chi connectivity index (χ4n) is 1.34. The minimum absolute atomic E-state index is 0.218. The van der Waals surface area contributed by atoms with Crippen LogP contribution in [0.5, 0.6) is 0 Å². The Kier molecular flexibility index (Phi) is 4.16. The minimum atomic E-state index is 0.218. The average Bonchev–Trinajstić information content (AvgIpc) is 2.56. The summed E-state index contributed by atoms with van der Waals surface area (Å²) in [5.74, 6) is 0.750. The predicted molar refractivity (Wildman–Crippen MR) is 58.2 cm³/mol. The fourth-order valence-corrected chi connectivity index (χ4v) is 1.34. The van der Waals surface area contributed by atoms with Gasteiger partial charge in [0.05, 0.1) is 18.2 Å². The Hall–Kier alpha value is -1.32. The molecule has 4 heteroatoms. The maximum absolute atomic E-state index is 5.74. The Balaban J connectivity index is 2.42. The van der Waals surface area contributed by atoms with E-state index in [1.54, 1.807) is 12.5 Å². The van der Waals surface area contributed by atoms with Gasteiger partial charge in [0.25, 0.3) is 0 Å². The second kappa shape index (κ2) is 5.42. The number of nitrogens with two attached hydrogens (primary N) is 1. The molecule has 78 valence electrons. The average molecular weight is 194 g/mol. The molecule has 0 aromatic carbocycles. The molecule has 1 unspecified atom stereocenters. The Morgan fingerprint density at radius 2 is 2.43 bits per heavy atom. The molecular weight excluding hydrogens is 176 g/mol. The van der Waals surface area contributed by atoms with Crippen molar-refractivity contribution >= 4 is 5.84 Å². The first-order valence-electron chi connectivity index (χ1n) is 5.00. The summed E-state index contributed by atoms with van der Waals surface area (Å²) in [6.45, 7) is 5.00. The Morgan fingerprint density at radius 1 is 1.64 bits per heavy atom. The second-order valence-electron chi connectivity index (χ2n) is 3.48. The van der Waals surface area contributed by atoms with Crippen LogP contribution in [-0.2, 0) is 6.54 Å². The van der Waals surface area contributed by atoms with Gasteiger partial charge in [0.2, 0.25) is 0 Å². The molecule has 0 bridgehead atoms. The number of aliphatic imine (C=N–C) groups is 1. The summed E-state index contributed by atoms with van der Waals surface area (Å²) in [4.78, 5) is 8.36. The highest BCUT2D eigenvalue weighted by atomic mass is 15.0. The first kappa shape index (κ1) is 10.8. The lowest BCUT2D eigenvalue weighted by Crippen LogP contribution is -2.17. The van der Waals surface area contributed by atoms with Crippen LogP contribution in [0.4, 0.5) is 0 Å². The SMILES string of the molecule is CCCC(N)=NC(C)Cn1ccnc1. The largest absolute Gasteiger partial charge is 0.387 e. The number of imidazole rings is 1. The zero-order chi connectivity index (χ0) is 10.4. The van der Waals surface area contributed by atoms with Crippen LogP contribution in [0.1, 0.15) is 26.7 Å². The molecule has 1 rings (SSSR count). The van der Waals surface area contributed by atoms with Gasteiger partial charge in [-0.1, -0.05) is 6.92 Å². The van der Waals surface area contributed by atoms with Gasteiger partial charge in [0, 0.05) is 25.4 Å². The molecule has 0 spiro atoms. The zero-order valence-corrected chi connectivity index (χ0v) is 8.85. The number of amidine groups is 1. The van der Waals surface area contributed by atoms with Crippen LogP contribution in [0.3, 0.4) is 0 Å². The molecule has 0 aliphatic rings. The normalized spacial score (nSPS) is 14.3. The molecule has 0 fully saturated rings. The van der Waals surface area contributed by atoms with E-state index >= 15 is 0 Å². The van der Waals surface area contributed by atoms with Crippen LogP contribution in [0.15, 0.2) is 23.7 Å². The summed E-state index contributed by atoms with van der Waals surface area (Å²) < 4.78 is 2.01. The van der Waals surface area contributed by atoms with Crippen LogP contribution in [0.25, 0.3) is 0 Å². The van der Waals surface area contributed by atoms with Gasteiger partial charge in [-0.05, 0) is 13.3 Å². The van der Waals surface area contributed by atoms with E-state index in [0.29, 0.717) is 0 Å². The summed E-state index contributed by atoms with van der Waals surface area (Å²) >= 11 is 0. The van der Waals surface area contributed by atoms with Crippen LogP contribution < -0.4 is 5.73 Å². The van der Waals surface area contributed by atoms with Gasteiger partial charge in [-0.15, -0.1) is 0 Å². The molecule has 1 heterocycles. The summed E-state index contributed by atoms with van der Waals surface area (Å²) in [5, 5.41) is 0.